The zero-order chi connectivity index (χ0) is 13.1. The molecule has 0 spiro atoms. The van der Waals surface area contributed by atoms with E-state index in [0.29, 0.717) is 15.0 Å². The van der Waals surface area contributed by atoms with Gasteiger partial charge < -0.3 is 10.1 Å². The molecular weight excluding hydrogens is 340 g/mol. The highest BCUT2D eigenvalue weighted by molar-refractivity contribution is 9.10. The molecule has 7 heteroatoms. The lowest BCUT2D eigenvalue weighted by Gasteiger charge is -2.03. The second-order valence-corrected chi connectivity index (χ2v) is 5.57. The van der Waals surface area contributed by atoms with Crippen molar-refractivity contribution < 1.29 is 9.53 Å². The molecule has 18 heavy (non-hydrogen) atoms. The fraction of sp³-hybridized carbons (Fsp3) is 0.0909. The van der Waals surface area contributed by atoms with Crippen LogP contribution in [0.25, 0.3) is 0 Å². The molecule has 1 aromatic heterocycles. The summed E-state index contributed by atoms with van der Waals surface area (Å²) in [5.41, 5.74) is 0.831. The number of aromatic nitrogens is 1. The van der Waals surface area contributed by atoms with Crippen LogP contribution in [0.15, 0.2) is 28.9 Å². The fourth-order valence-corrected chi connectivity index (χ4v) is 2.48. The molecule has 0 aliphatic heterocycles. The fourth-order valence-electron chi connectivity index (χ4n) is 1.22. The lowest BCUT2D eigenvalue weighted by molar-refractivity contribution is 0.0606. The summed E-state index contributed by atoms with van der Waals surface area (Å²) < 4.78 is 5.40. The Morgan fingerprint density at radius 3 is 3.00 bits per heavy atom. The standard InChI is InChI=1S/C11H8BrClN2O2S/c1-17-10(16)9-5-14-11(18-9)15-6-2-3-8(13)7(12)4-6/h2-5H,1H3,(H,14,15). The second-order valence-electron chi connectivity index (χ2n) is 3.28. The van der Waals surface area contributed by atoms with Crippen LogP contribution in [0, 0.1) is 0 Å². The summed E-state index contributed by atoms with van der Waals surface area (Å²) in [4.78, 5) is 15.8. The van der Waals surface area contributed by atoms with Gasteiger partial charge in [0.05, 0.1) is 18.3 Å². The normalized spacial score (nSPS) is 10.2. The maximum Gasteiger partial charge on any atom is 0.349 e. The molecule has 0 unspecified atom stereocenters. The molecule has 0 aliphatic carbocycles. The molecule has 0 fully saturated rings. The first-order chi connectivity index (χ1) is 8.60. The molecule has 94 valence electrons. The van der Waals surface area contributed by atoms with Gasteiger partial charge in [0.15, 0.2) is 5.13 Å². The van der Waals surface area contributed by atoms with Crippen molar-refractivity contribution in [1.82, 2.24) is 4.98 Å². The van der Waals surface area contributed by atoms with Crippen LogP contribution in [0.4, 0.5) is 10.8 Å². The number of nitrogens with one attached hydrogen (secondary N) is 1. The van der Waals surface area contributed by atoms with Crippen LogP contribution in [0.5, 0.6) is 0 Å². The van der Waals surface area contributed by atoms with Crippen LogP contribution in [0.3, 0.4) is 0 Å². The van der Waals surface area contributed by atoms with E-state index in [1.807, 2.05) is 12.1 Å². The number of hydrogen-bond donors (Lipinski definition) is 1. The highest BCUT2D eigenvalue weighted by atomic mass is 79.9. The molecule has 0 amide bonds. The number of nitrogens with zero attached hydrogens (tertiary/aromatic N) is 1. The molecule has 0 aliphatic rings. The zero-order valence-electron chi connectivity index (χ0n) is 9.24. The van der Waals surface area contributed by atoms with E-state index in [-0.39, 0.29) is 0 Å². The number of carbonyl (C=O) groups excluding carboxylic acids is 1. The van der Waals surface area contributed by atoms with E-state index < -0.39 is 5.97 Å². The van der Waals surface area contributed by atoms with E-state index in [9.17, 15) is 4.79 Å². The van der Waals surface area contributed by atoms with Gasteiger partial charge in [0.2, 0.25) is 0 Å². The molecule has 1 aromatic carbocycles. The predicted octanol–water partition coefficient (Wildman–Crippen LogP) is 4.09. The Hall–Kier alpha value is -1.11. The molecule has 0 radical (unpaired) electrons. The van der Waals surface area contributed by atoms with Gasteiger partial charge in [-0.25, -0.2) is 9.78 Å². The molecule has 4 nitrogen and oxygen atoms in total. The van der Waals surface area contributed by atoms with Crippen molar-refractivity contribution in [3.8, 4) is 0 Å². The monoisotopic (exact) mass is 346 g/mol. The first-order valence-electron chi connectivity index (χ1n) is 4.86. The summed E-state index contributed by atoms with van der Waals surface area (Å²) >= 11 is 10.5. The van der Waals surface area contributed by atoms with Gasteiger partial charge in [-0.05, 0) is 34.1 Å². The minimum Gasteiger partial charge on any atom is -0.465 e. The van der Waals surface area contributed by atoms with E-state index in [0.717, 1.165) is 10.2 Å². The Kier molecular flexibility index (Phi) is 4.21. The van der Waals surface area contributed by atoms with Crippen LogP contribution in [0.1, 0.15) is 9.67 Å². The van der Waals surface area contributed by atoms with Gasteiger partial charge in [0.25, 0.3) is 0 Å². The largest absolute Gasteiger partial charge is 0.465 e. The Balaban J connectivity index is 2.16. The minimum atomic E-state index is -0.391. The topological polar surface area (TPSA) is 51.2 Å². The number of methoxy groups -OCH3 is 1. The van der Waals surface area contributed by atoms with E-state index in [2.05, 4.69) is 31.0 Å². The Labute approximate surface area is 121 Å². The zero-order valence-corrected chi connectivity index (χ0v) is 12.4. The second kappa shape index (κ2) is 5.69. The Morgan fingerprint density at radius 1 is 1.56 bits per heavy atom. The Bertz CT molecular complexity index is 588. The molecule has 2 rings (SSSR count). The molecule has 0 bridgehead atoms. The lowest BCUT2D eigenvalue weighted by Crippen LogP contribution is -1.96. The number of anilines is 2. The van der Waals surface area contributed by atoms with Gasteiger partial charge in [-0.1, -0.05) is 22.9 Å². The van der Waals surface area contributed by atoms with E-state index in [4.69, 9.17) is 11.6 Å². The number of hydrogen-bond acceptors (Lipinski definition) is 5. The van der Waals surface area contributed by atoms with E-state index >= 15 is 0 Å². The third-order valence-corrected chi connectivity index (χ3v) is 4.17. The summed E-state index contributed by atoms with van der Waals surface area (Å²) in [6.45, 7) is 0. The molecule has 1 N–H and O–H groups in total. The molecule has 1 heterocycles. The van der Waals surface area contributed by atoms with Crippen molar-refractivity contribution in [3.63, 3.8) is 0 Å². The van der Waals surface area contributed by atoms with Gasteiger partial charge in [0, 0.05) is 10.2 Å². The maximum atomic E-state index is 11.3. The molecule has 0 atom stereocenters. The number of esters is 1. The molecular formula is C11H8BrClN2O2S. The van der Waals surface area contributed by atoms with Crippen LogP contribution in [-0.2, 0) is 4.74 Å². The first-order valence-corrected chi connectivity index (χ1v) is 6.85. The number of carbonyl (C=O) groups is 1. The van der Waals surface area contributed by atoms with Crippen LogP contribution < -0.4 is 5.32 Å². The molecule has 0 saturated carbocycles. The predicted molar refractivity (Wildman–Crippen MR) is 75.9 cm³/mol. The van der Waals surface area contributed by atoms with Crippen molar-refractivity contribution in [2.45, 2.75) is 0 Å². The average Bonchev–Trinajstić information content (AvgIpc) is 2.81. The number of ether oxygens (including phenoxy) is 1. The number of thiazole rings is 1. The third kappa shape index (κ3) is 3.01. The van der Waals surface area contributed by atoms with Gasteiger partial charge >= 0.3 is 5.97 Å². The SMILES string of the molecule is COC(=O)c1cnc(Nc2ccc(Cl)c(Br)c2)s1. The summed E-state index contributed by atoms with van der Waals surface area (Å²) in [7, 11) is 1.34. The van der Waals surface area contributed by atoms with E-state index in [1.54, 1.807) is 6.07 Å². The first kappa shape index (κ1) is 13.3. The van der Waals surface area contributed by atoms with Crippen LogP contribution in [-0.4, -0.2) is 18.1 Å². The maximum absolute atomic E-state index is 11.3. The lowest BCUT2D eigenvalue weighted by atomic mass is 10.3. The van der Waals surface area contributed by atoms with Gasteiger partial charge in [-0.15, -0.1) is 0 Å². The highest BCUT2D eigenvalue weighted by Crippen LogP contribution is 2.28. The van der Waals surface area contributed by atoms with E-state index in [1.165, 1.54) is 24.6 Å². The van der Waals surface area contributed by atoms with Crippen molar-refractivity contribution in [3.05, 3.63) is 38.8 Å². The number of benzene rings is 1. The smallest absolute Gasteiger partial charge is 0.349 e. The number of rotatable bonds is 3. The number of halogens is 2. The summed E-state index contributed by atoms with van der Waals surface area (Å²) in [5.74, 6) is -0.391. The minimum absolute atomic E-state index is 0.391. The van der Waals surface area contributed by atoms with Crippen molar-refractivity contribution in [2.75, 3.05) is 12.4 Å². The van der Waals surface area contributed by atoms with Crippen molar-refractivity contribution in [2.24, 2.45) is 0 Å². The van der Waals surface area contributed by atoms with Crippen LogP contribution >= 0.6 is 38.9 Å². The molecule has 2 aromatic rings. The highest BCUT2D eigenvalue weighted by Gasteiger charge is 2.10. The van der Waals surface area contributed by atoms with Gasteiger partial charge in [-0.2, -0.15) is 0 Å². The summed E-state index contributed by atoms with van der Waals surface area (Å²) in [6, 6.07) is 5.43. The summed E-state index contributed by atoms with van der Waals surface area (Å²) in [6.07, 6.45) is 1.48. The quantitative estimate of drug-likeness (QED) is 0.850. The third-order valence-electron chi connectivity index (χ3n) is 2.06. The van der Waals surface area contributed by atoms with Crippen molar-refractivity contribution in [1.29, 1.82) is 0 Å². The molecule has 0 saturated heterocycles. The average molecular weight is 348 g/mol. The van der Waals surface area contributed by atoms with Crippen LogP contribution in [0.2, 0.25) is 5.02 Å². The van der Waals surface area contributed by atoms with Crippen molar-refractivity contribution >= 4 is 55.7 Å². The van der Waals surface area contributed by atoms with Gasteiger partial charge in [-0.3, -0.25) is 0 Å². The van der Waals surface area contributed by atoms with Gasteiger partial charge in [0.1, 0.15) is 4.88 Å². The summed E-state index contributed by atoms with van der Waals surface area (Å²) in [5, 5.41) is 4.33. The Morgan fingerprint density at radius 2 is 2.33 bits per heavy atom.